The summed E-state index contributed by atoms with van der Waals surface area (Å²) in [5.74, 6) is 0. The van der Waals surface area contributed by atoms with E-state index >= 15 is 0 Å². The molecule has 0 aromatic rings. The van der Waals surface area contributed by atoms with Crippen molar-refractivity contribution in [3.8, 4) is 0 Å². The van der Waals surface area contributed by atoms with Gasteiger partial charge in [-0.3, -0.25) is 0 Å². The molecule has 3 nitrogen and oxygen atoms in total. The van der Waals surface area contributed by atoms with E-state index in [9.17, 15) is 0 Å². The van der Waals surface area contributed by atoms with E-state index in [0.717, 1.165) is 26.3 Å². The molecular formula is C8H17NO2Sn. The minimum absolute atomic E-state index is 0.245. The van der Waals surface area contributed by atoms with Gasteiger partial charge in [0.05, 0.1) is 0 Å². The molecule has 0 aliphatic carbocycles. The van der Waals surface area contributed by atoms with Gasteiger partial charge >= 0.3 is 85.6 Å². The molecule has 1 aliphatic heterocycles. The Labute approximate surface area is 85.7 Å². The fourth-order valence-corrected chi connectivity index (χ4v) is 2.45. The van der Waals surface area contributed by atoms with Crippen molar-refractivity contribution in [1.82, 2.24) is 4.90 Å². The molecule has 0 aromatic heterocycles. The third-order valence-corrected chi connectivity index (χ3v) is 3.83. The number of hydrogen-bond donors (Lipinski definition) is 0. The first-order chi connectivity index (χ1) is 5.61. The van der Waals surface area contributed by atoms with Crippen LogP contribution in [-0.2, 0) is 6.15 Å². The van der Waals surface area contributed by atoms with Crippen LogP contribution in [0.25, 0.3) is 0 Å². The molecule has 1 rings (SSSR count). The van der Waals surface area contributed by atoms with Gasteiger partial charge in [-0.05, 0) is 0 Å². The van der Waals surface area contributed by atoms with E-state index in [1.165, 1.54) is 0 Å². The molecule has 0 N–H and O–H groups in total. The number of hydrogen-bond acceptors (Lipinski definition) is 3. The van der Waals surface area contributed by atoms with Crippen LogP contribution in [-0.4, -0.2) is 58.7 Å². The van der Waals surface area contributed by atoms with Crippen LogP contribution in [0, 0.1) is 0 Å². The Morgan fingerprint density at radius 3 is 2.00 bits per heavy atom. The topological polar surface area (TPSA) is 21.7 Å². The average molecular weight is 278 g/mol. The second-order valence-corrected chi connectivity index (χ2v) is 6.06. The average Bonchev–Trinajstić information content (AvgIpc) is 1.81. The van der Waals surface area contributed by atoms with Gasteiger partial charge in [-0.15, -0.1) is 0 Å². The fourth-order valence-electron chi connectivity index (χ4n) is 1.22. The summed E-state index contributed by atoms with van der Waals surface area (Å²) in [6, 6.07) is 0. The monoisotopic (exact) mass is 279 g/mol. The van der Waals surface area contributed by atoms with Gasteiger partial charge in [0, 0.05) is 0 Å². The number of nitrogens with zero attached hydrogens (tertiary/aromatic N) is 1. The molecule has 70 valence electrons. The van der Waals surface area contributed by atoms with Crippen molar-refractivity contribution >= 4 is 22.0 Å². The van der Waals surface area contributed by atoms with Gasteiger partial charge in [0.2, 0.25) is 0 Å². The van der Waals surface area contributed by atoms with Crippen molar-refractivity contribution < 1.29 is 6.15 Å². The summed E-state index contributed by atoms with van der Waals surface area (Å²) in [5, 5.41) is 0. The molecule has 0 unspecified atom stereocenters. The molecule has 4 heteroatoms. The van der Waals surface area contributed by atoms with E-state index in [4.69, 9.17) is 6.15 Å². The molecule has 1 aliphatic rings. The Morgan fingerprint density at radius 1 is 1.08 bits per heavy atom. The van der Waals surface area contributed by atoms with Crippen LogP contribution in [0.3, 0.4) is 0 Å². The Bertz CT molecular complexity index is 128. The molecule has 1 fully saturated rings. The first-order valence-electron chi connectivity index (χ1n) is 4.34. The molecule has 12 heavy (non-hydrogen) atoms. The molecule has 0 aromatic carbocycles. The van der Waals surface area contributed by atoms with Crippen molar-refractivity contribution in [2.75, 3.05) is 26.3 Å². The van der Waals surface area contributed by atoms with Crippen molar-refractivity contribution in [2.45, 2.75) is 26.3 Å². The quantitative estimate of drug-likeness (QED) is 0.608. The van der Waals surface area contributed by atoms with Crippen LogP contribution in [0.15, 0.2) is 0 Å². The van der Waals surface area contributed by atoms with Crippen molar-refractivity contribution in [3.63, 3.8) is 0 Å². The Kier molecular flexibility index (Phi) is 4.29. The summed E-state index contributed by atoms with van der Waals surface area (Å²) in [6.45, 7) is 10.5. The van der Waals surface area contributed by atoms with E-state index in [1.807, 2.05) is 0 Å². The van der Waals surface area contributed by atoms with Crippen molar-refractivity contribution in [3.05, 3.63) is 0 Å². The minimum atomic E-state index is -0.888. The molecule has 1 saturated heterocycles. The van der Waals surface area contributed by atoms with Crippen molar-refractivity contribution in [2.24, 2.45) is 0 Å². The van der Waals surface area contributed by atoms with Gasteiger partial charge in [-0.2, -0.15) is 0 Å². The van der Waals surface area contributed by atoms with Crippen LogP contribution >= 0.6 is 0 Å². The van der Waals surface area contributed by atoms with E-state index in [2.05, 4.69) is 25.7 Å². The first-order valence-corrected chi connectivity index (χ1v) is 6.67. The summed E-state index contributed by atoms with van der Waals surface area (Å²) in [5.41, 5.74) is 0.245. The molecule has 2 radical (unpaired) electrons. The molecule has 0 bridgehead atoms. The maximum absolute atomic E-state index is 5.41. The SMILES string of the molecule is CC(C)(C)N1CC[O][Sn][O]CC1. The molecule has 0 amide bonds. The van der Waals surface area contributed by atoms with E-state index in [-0.39, 0.29) is 5.54 Å². The van der Waals surface area contributed by atoms with Gasteiger partial charge < -0.3 is 0 Å². The van der Waals surface area contributed by atoms with Gasteiger partial charge in [-0.25, -0.2) is 0 Å². The van der Waals surface area contributed by atoms with E-state index in [1.54, 1.807) is 0 Å². The third kappa shape index (κ3) is 3.60. The van der Waals surface area contributed by atoms with Crippen LogP contribution in [0.4, 0.5) is 0 Å². The molecule has 1 heterocycles. The van der Waals surface area contributed by atoms with Gasteiger partial charge in [-0.1, -0.05) is 0 Å². The Hall–Kier alpha value is 0.679. The summed E-state index contributed by atoms with van der Waals surface area (Å²) in [7, 11) is 0. The Balaban J connectivity index is 2.40. The molecule has 0 spiro atoms. The predicted octanol–water partition coefficient (Wildman–Crippen LogP) is 0.668. The molecule has 0 atom stereocenters. The molecule has 0 saturated carbocycles. The third-order valence-electron chi connectivity index (χ3n) is 1.99. The molecular weight excluding hydrogens is 261 g/mol. The van der Waals surface area contributed by atoms with Crippen LogP contribution in [0.5, 0.6) is 0 Å². The zero-order valence-electron chi connectivity index (χ0n) is 8.09. The van der Waals surface area contributed by atoms with Gasteiger partial charge in [0.1, 0.15) is 0 Å². The van der Waals surface area contributed by atoms with E-state index in [0.29, 0.717) is 0 Å². The zero-order valence-corrected chi connectivity index (χ0v) is 10.9. The van der Waals surface area contributed by atoms with Crippen LogP contribution in [0.1, 0.15) is 20.8 Å². The van der Waals surface area contributed by atoms with E-state index < -0.39 is 22.0 Å². The normalized spacial score (nSPS) is 23.2. The zero-order chi connectivity index (χ0) is 9.03. The summed E-state index contributed by atoms with van der Waals surface area (Å²) in [6.07, 6.45) is 0. The Morgan fingerprint density at radius 2 is 1.58 bits per heavy atom. The van der Waals surface area contributed by atoms with Crippen LogP contribution < -0.4 is 0 Å². The summed E-state index contributed by atoms with van der Waals surface area (Å²) < 4.78 is 10.8. The standard InChI is InChI=1S/C8H17NO2.Sn/c1-8(2,3)9(4-6-10)5-7-11;/h4-7H2,1-3H3;/q-2;+2. The predicted molar refractivity (Wildman–Crippen MR) is 49.0 cm³/mol. The second-order valence-electron chi connectivity index (χ2n) is 3.94. The van der Waals surface area contributed by atoms with Gasteiger partial charge in [0.15, 0.2) is 0 Å². The maximum atomic E-state index is 5.41. The second kappa shape index (κ2) is 4.79. The fraction of sp³-hybridized carbons (Fsp3) is 1.00. The number of rotatable bonds is 0. The first kappa shape index (κ1) is 10.8. The summed E-state index contributed by atoms with van der Waals surface area (Å²) in [4.78, 5) is 2.41. The van der Waals surface area contributed by atoms with Gasteiger partial charge in [0.25, 0.3) is 0 Å². The van der Waals surface area contributed by atoms with Crippen LogP contribution in [0.2, 0.25) is 0 Å². The summed E-state index contributed by atoms with van der Waals surface area (Å²) >= 11 is -0.888. The van der Waals surface area contributed by atoms with Crippen molar-refractivity contribution in [1.29, 1.82) is 0 Å².